The maximum Gasteiger partial charge on any atom is 0.285 e. The number of imide groups is 1. The van der Waals surface area contributed by atoms with Gasteiger partial charge >= 0.3 is 0 Å². The molecular formula is C25H39NO10. The third kappa shape index (κ3) is 12.3. The van der Waals surface area contributed by atoms with Crippen molar-refractivity contribution < 1.29 is 47.6 Å². The highest BCUT2D eigenvalue weighted by Crippen LogP contribution is 2.22. The van der Waals surface area contributed by atoms with Gasteiger partial charge in [0.15, 0.2) is 0 Å². The lowest BCUT2D eigenvalue weighted by Crippen LogP contribution is -2.31. The first-order chi connectivity index (χ1) is 17.8. The summed E-state index contributed by atoms with van der Waals surface area (Å²) in [6.45, 7) is 9.12. The number of hydrogen-bond donors (Lipinski definition) is 0. The largest absolute Gasteiger partial charge is 0.379 e. The lowest BCUT2D eigenvalue weighted by molar-refractivity contribution is -0.108. The number of hydroxylamine groups is 2. The number of carbonyl (C=O) groups is 2. The minimum Gasteiger partial charge on any atom is -0.379 e. The van der Waals surface area contributed by atoms with Crippen LogP contribution in [-0.2, 0) is 38.0 Å². The SMILES string of the molecule is CCCOCCOCCOCCOCCOCCOCCOCCON1C(=O)c2ccccc2C1=O. The molecule has 0 unspecified atom stereocenters. The molecule has 2 rings (SSSR count). The maximum atomic E-state index is 12.1. The molecule has 1 aliphatic rings. The zero-order chi connectivity index (χ0) is 25.7. The van der Waals surface area contributed by atoms with Crippen LogP contribution in [0.15, 0.2) is 24.3 Å². The van der Waals surface area contributed by atoms with Crippen molar-refractivity contribution in [1.29, 1.82) is 0 Å². The Morgan fingerprint density at radius 1 is 0.500 bits per heavy atom. The molecule has 0 aromatic heterocycles. The fourth-order valence-electron chi connectivity index (χ4n) is 3.04. The van der Waals surface area contributed by atoms with Gasteiger partial charge in [-0.1, -0.05) is 19.1 Å². The Morgan fingerprint density at radius 3 is 1.14 bits per heavy atom. The second-order valence-electron chi connectivity index (χ2n) is 7.57. The molecule has 11 nitrogen and oxygen atoms in total. The van der Waals surface area contributed by atoms with Crippen molar-refractivity contribution in [3.63, 3.8) is 0 Å². The van der Waals surface area contributed by atoms with E-state index in [2.05, 4.69) is 6.92 Å². The number of nitrogens with zero attached hydrogens (tertiary/aromatic N) is 1. The van der Waals surface area contributed by atoms with Crippen LogP contribution in [0.5, 0.6) is 0 Å². The summed E-state index contributed by atoms with van der Waals surface area (Å²) < 4.78 is 37.8. The summed E-state index contributed by atoms with van der Waals surface area (Å²) in [7, 11) is 0. The van der Waals surface area contributed by atoms with Crippen molar-refractivity contribution in [3.8, 4) is 0 Å². The van der Waals surface area contributed by atoms with Crippen molar-refractivity contribution in [3.05, 3.63) is 35.4 Å². The number of hydrogen-bond acceptors (Lipinski definition) is 10. The van der Waals surface area contributed by atoms with Crippen LogP contribution in [0.4, 0.5) is 0 Å². The Kier molecular flexibility index (Phi) is 16.9. The highest BCUT2D eigenvalue weighted by molar-refractivity contribution is 6.20. The van der Waals surface area contributed by atoms with Crippen molar-refractivity contribution in [1.82, 2.24) is 5.06 Å². The quantitative estimate of drug-likeness (QED) is 0.150. The molecule has 36 heavy (non-hydrogen) atoms. The van der Waals surface area contributed by atoms with E-state index < -0.39 is 11.8 Å². The summed E-state index contributed by atoms with van der Waals surface area (Å²) >= 11 is 0. The summed E-state index contributed by atoms with van der Waals surface area (Å²) in [5.74, 6) is -0.911. The van der Waals surface area contributed by atoms with Gasteiger partial charge in [0.2, 0.25) is 0 Å². The zero-order valence-electron chi connectivity index (χ0n) is 21.2. The first kappa shape index (κ1) is 30.3. The molecule has 0 radical (unpaired) electrons. The Morgan fingerprint density at radius 2 is 0.806 bits per heavy atom. The van der Waals surface area contributed by atoms with Gasteiger partial charge in [-0.2, -0.15) is 0 Å². The molecule has 204 valence electrons. The van der Waals surface area contributed by atoms with Gasteiger partial charge in [-0.3, -0.25) is 14.4 Å². The monoisotopic (exact) mass is 513 g/mol. The molecule has 1 aromatic carbocycles. The van der Waals surface area contributed by atoms with E-state index in [4.69, 9.17) is 38.0 Å². The number of fused-ring (bicyclic) bond motifs is 1. The highest BCUT2D eigenvalue weighted by atomic mass is 16.7. The minimum atomic E-state index is -0.456. The Bertz CT molecular complexity index is 698. The molecule has 0 bridgehead atoms. The number of ether oxygens (including phenoxy) is 7. The van der Waals surface area contributed by atoms with E-state index in [1.807, 2.05) is 0 Å². The average molecular weight is 514 g/mol. The molecule has 2 amide bonds. The van der Waals surface area contributed by atoms with E-state index in [1.54, 1.807) is 24.3 Å². The standard InChI is InChI=1S/C25H39NO10/c1-2-7-29-8-9-30-10-11-31-12-13-32-14-15-33-16-17-34-18-19-35-20-21-36-26-24(27)22-5-3-4-6-23(22)25(26)28/h3-6H,2,7-21H2,1H3. The number of benzene rings is 1. The Hall–Kier alpha value is -1.96. The van der Waals surface area contributed by atoms with Crippen LogP contribution in [0.25, 0.3) is 0 Å². The topological polar surface area (TPSA) is 111 Å². The van der Waals surface area contributed by atoms with Crippen LogP contribution in [0.3, 0.4) is 0 Å². The van der Waals surface area contributed by atoms with Gasteiger partial charge in [0.1, 0.15) is 0 Å². The van der Waals surface area contributed by atoms with Gasteiger partial charge in [-0.05, 0) is 18.6 Å². The molecule has 0 N–H and O–H groups in total. The predicted molar refractivity (Wildman–Crippen MR) is 129 cm³/mol. The van der Waals surface area contributed by atoms with Crippen LogP contribution in [0.2, 0.25) is 0 Å². The normalized spacial score (nSPS) is 13.1. The van der Waals surface area contributed by atoms with Crippen LogP contribution in [-0.4, -0.2) is 116 Å². The van der Waals surface area contributed by atoms with Crippen LogP contribution < -0.4 is 0 Å². The maximum absolute atomic E-state index is 12.1. The molecular weight excluding hydrogens is 474 g/mol. The second-order valence-corrected chi connectivity index (χ2v) is 7.57. The van der Waals surface area contributed by atoms with Crippen molar-refractivity contribution in [2.24, 2.45) is 0 Å². The van der Waals surface area contributed by atoms with Crippen LogP contribution in [0, 0.1) is 0 Å². The average Bonchev–Trinajstić information content (AvgIpc) is 3.14. The van der Waals surface area contributed by atoms with Gasteiger partial charge in [0.25, 0.3) is 11.8 Å². The third-order valence-electron chi connectivity index (χ3n) is 4.79. The number of carbonyl (C=O) groups excluding carboxylic acids is 2. The lowest BCUT2D eigenvalue weighted by Gasteiger charge is -2.13. The second kappa shape index (κ2) is 20.1. The lowest BCUT2D eigenvalue weighted by atomic mass is 10.1. The van der Waals surface area contributed by atoms with E-state index in [0.29, 0.717) is 90.4 Å². The van der Waals surface area contributed by atoms with E-state index in [1.165, 1.54) is 0 Å². The van der Waals surface area contributed by atoms with Crippen molar-refractivity contribution in [2.75, 3.05) is 99.1 Å². The van der Waals surface area contributed by atoms with Crippen LogP contribution in [0.1, 0.15) is 34.1 Å². The summed E-state index contributed by atoms with van der Waals surface area (Å²) in [5.41, 5.74) is 0.696. The first-order valence-corrected chi connectivity index (χ1v) is 12.4. The number of rotatable bonds is 24. The Balaban J connectivity index is 1.26. The van der Waals surface area contributed by atoms with E-state index in [0.717, 1.165) is 18.1 Å². The van der Waals surface area contributed by atoms with Crippen LogP contribution >= 0.6 is 0 Å². The van der Waals surface area contributed by atoms with Crippen molar-refractivity contribution in [2.45, 2.75) is 13.3 Å². The van der Waals surface area contributed by atoms with E-state index >= 15 is 0 Å². The Labute approximate surface area is 212 Å². The smallest absolute Gasteiger partial charge is 0.285 e. The summed E-state index contributed by atoms with van der Waals surface area (Å²) in [6.07, 6.45) is 1.02. The van der Waals surface area contributed by atoms with Gasteiger partial charge < -0.3 is 33.2 Å². The van der Waals surface area contributed by atoms with E-state index in [9.17, 15) is 9.59 Å². The van der Waals surface area contributed by atoms with E-state index in [-0.39, 0.29) is 13.2 Å². The van der Waals surface area contributed by atoms with Gasteiger partial charge in [0.05, 0.1) is 104 Å². The molecule has 0 spiro atoms. The molecule has 1 aromatic rings. The number of amides is 2. The highest BCUT2D eigenvalue weighted by Gasteiger charge is 2.36. The summed E-state index contributed by atoms with van der Waals surface area (Å²) in [4.78, 5) is 29.6. The fourth-order valence-corrected chi connectivity index (χ4v) is 3.04. The first-order valence-electron chi connectivity index (χ1n) is 12.4. The fraction of sp³-hybridized carbons (Fsp3) is 0.680. The molecule has 1 heterocycles. The summed E-state index contributed by atoms with van der Waals surface area (Å²) in [5, 5.41) is 0.779. The molecule has 0 atom stereocenters. The molecule has 0 saturated carbocycles. The summed E-state index contributed by atoms with van der Waals surface area (Å²) in [6, 6.07) is 6.62. The third-order valence-corrected chi connectivity index (χ3v) is 4.79. The van der Waals surface area contributed by atoms with Crippen molar-refractivity contribution >= 4 is 11.8 Å². The molecule has 11 heteroatoms. The van der Waals surface area contributed by atoms with Gasteiger partial charge in [-0.25, -0.2) is 0 Å². The molecule has 1 aliphatic heterocycles. The zero-order valence-corrected chi connectivity index (χ0v) is 21.2. The minimum absolute atomic E-state index is 0.0853. The predicted octanol–water partition coefficient (Wildman–Crippen LogP) is 1.74. The molecule has 0 aliphatic carbocycles. The molecule has 0 fully saturated rings. The van der Waals surface area contributed by atoms with Gasteiger partial charge in [-0.15, -0.1) is 5.06 Å². The molecule has 0 saturated heterocycles. The van der Waals surface area contributed by atoms with Gasteiger partial charge in [0, 0.05) is 6.61 Å².